The molecule has 1 unspecified atom stereocenters. The topological polar surface area (TPSA) is 42.7 Å². The molecule has 96 valence electrons. The fraction of sp³-hybridized carbons (Fsp3) is 0.385. The van der Waals surface area contributed by atoms with Crippen molar-refractivity contribution in [2.75, 3.05) is 7.05 Å². The second-order valence-electron chi connectivity index (χ2n) is 4.24. The molecule has 0 bridgehead atoms. The quantitative estimate of drug-likeness (QED) is 0.878. The van der Waals surface area contributed by atoms with Crippen molar-refractivity contribution in [3.05, 3.63) is 48.1 Å². The molecule has 0 aliphatic carbocycles. The summed E-state index contributed by atoms with van der Waals surface area (Å²) in [6.45, 7) is 0. The minimum Gasteiger partial charge on any atom is -0.338 e. The second kappa shape index (κ2) is 5.73. The van der Waals surface area contributed by atoms with Gasteiger partial charge in [0, 0.05) is 31.9 Å². The lowest BCUT2D eigenvalue weighted by molar-refractivity contribution is 0.520. The zero-order chi connectivity index (χ0) is 13.0. The SMILES string of the molecule is CNC(CCc1nccn1C)c1ccc(F)cn1. The number of pyridine rings is 1. The molecular weight excluding hydrogens is 231 g/mol. The van der Waals surface area contributed by atoms with Gasteiger partial charge in [-0.1, -0.05) is 0 Å². The molecule has 0 aliphatic heterocycles. The molecule has 0 fully saturated rings. The number of rotatable bonds is 5. The molecule has 0 saturated heterocycles. The average molecular weight is 248 g/mol. The molecule has 1 atom stereocenters. The summed E-state index contributed by atoms with van der Waals surface area (Å²) in [6.07, 6.45) is 6.70. The van der Waals surface area contributed by atoms with Crippen LogP contribution in [0, 0.1) is 5.82 Å². The molecule has 2 heterocycles. The smallest absolute Gasteiger partial charge is 0.141 e. The van der Waals surface area contributed by atoms with Gasteiger partial charge >= 0.3 is 0 Å². The molecule has 0 radical (unpaired) electrons. The standard InChI is InChI=1S/C13H17FN4/c1-15-11(12-4-3-10(14)9-17-12)5-6-13-16-7-8-18(13)2/h3-4,7-9,11,15H,5-6H2,1-2H3. The van der Waals surface area contributed by atoms with Crippen molar-refractivity contribution in [3.8, 4) is 0 Å². The summed E-state index contributed by atoms with van der Waals surface area (Å²) in [7, 11) is 3.86. The summed E-state index contributed by atoms with van der Waals surface area (Å²) in [5.41, 5.74) is 0.855. The van der Waals surface area contributed by atoms with Crippen LogP contribution in [0.4, 0.5) is 4.39 Å². The predicted octanol–water partition coefficient (Wildman–Crippen LogP) is 1.85. The van der Waals surface area contributed by atoms with E-state index >= 15 is 0 Å². The minimum absolute atomic E-state index is 0.113. The van der Waals surface area contributed by atoms with Crippen LogP contribution in [-0.2, 0) is 13.5 Å². The monoisotopic (exact) mass is 248 g/mol. The predicted molar refractivity (Wildman–Crippen MR) is 67.5 cm³/mol. The molecule has 18 heavy (non-hydrogen) atoms. The largest absolute Gasteiger partial charge is 0.338 e. The normalized spacial score (nSPS) is 12.6. The van der Waals surface area contributed by atoms with E-state index < -0.39 is 0 Å². The molecule has 0 saturated carbocycles. The Morgan fingerprint density at radius 2 is 2.22 bits per heavy atom. The summed E-state index contributed by atoms with van der Waals surface area (Å²) < 4.78 is 14.8. The Hall–Kier alpha value is -1.75. The molecule has 4 nitrogen and oxygen atoms in total. The molecule has 0 aliphatic rings. The van der Waals surface area contributed by atoms with E-state index in [0.717, 1.165) is 24.4 Å². The van der Waals surface area contributed by atoms with Gasteiger partial charge in [-0.2, -0.15) is 0 Å². The first-order valence-electron chi connectivity index (χ1n) is 5.95. The third kappa shape index (κ3) is 2.92. The van der Waals surface area contributed by atoms with E-state index in [2.05, 4.69) is 15.3 Å². The Kier molecular flexibility index (Phi) is 4.04. The third-order valence-electron chi connectivity index (χ3n) is 3.03. The van der Waals surface area contributed by atoms with E-state index in [1.807, 2.05) is 24.9 Å². The highest BCUT2D eigenvalue weighted by Gasteiger charge is 2.12. The van der Waals surface area contributed by atoms with Crippen molar-refractivity contribution in [2.45, 2.75) is 18.9 Å². The first-order chi connectivity index (χ1) is 8.70. The Bertz CT molecular complexity index is 492. The van der Waals surface area contributed by atoms with Crippen molar-refractivity contribution >= 4 is 0 Å². The Balaban J connectivity index is 2.01. The number of nitrogens with one attached hydrogen (secondary N) is 1. The zero-order valence-corrected chi connectivity index (χ0v) is 10.6. The molecule has 0 spiro atoms. The highest BCUT2D eigenvalue weighted by molar-refractivity contribution is 5.10. The Morgan fingerprint density at radius 1 is 1.39 bits per heavy atom. The lowest BCUT2D eigenvalue weighted by atomic mass is 10.1. The van der Waals surface area contributed by atoms with Crippen LogP contribution in [0.2, 0.25) is 0 Å². The Morgan fingerprint density at radius 3 is 2.78 bits per heavy atom. The Labute approximate surface area is 106 Å². The van der Waals surface area contributed by atoms with Gasteiger partial charge < -0.3 is 9.88 Å². The van der Waals surface area contributed by atoms with Gasteiger partial charge in [0.15, 0.2) is 0 Å². The van der Waals surface area contributed by atoms with Crippen LogP contribution in [0.25, 0.3) is 0 Å². The van der Waals surface area contributed by atoms with E-state index in [1.165, 1.54) is 12.3 Å². The summed E-state index contributed by atoms with van der Waals surface area (Å²) in [6, 6.07) is 3.27. The second-order valence-corrected chi connectivity index (χ2v) is 4.24. The molecule has 5 heteroatoms. The van der Waals surface area contributed by atoms with Gasteiger partial charge in [0.25, 0.3) is 0 Å². The van der Waals surface area contributed by atoms with Crippen LogP contribution in [0.15, 0.2) is 30.7 Å². The van der Waals surface area contributed by atoms with E-state index in [-0.39, 0.29) is 11.9 Å². The number of nitrogens with zero attached hydrogens (tertiary/aromatic N) is 3. The maximum Gasteiger partial charge on any atom is 0.141 e. The summed E-state index contributed by atoms with van der Waals surface area (Å²) in [5, 5.41) is 3.20. The maximum absolute atomic E-state index is 12.8. The molecule has 2 aromatic heterocycles. The number of aromatic nitrogens is 3. The number of hydrogen-bond donors (Lipinski definition) is 1. The molecule has 1 N–H and O–H groups in total. The molecular formula is C13H17FN4. The van der Waals surface area contributed by atoms with Gasteiger partial charge in [-0.3, -0.25) is 4.98 Å². The van der Waals surface area contributed by atoms with Gasteiger partial charge in [0.1, 0.15) is 11.6 Å². The van der Waals surface area contributed by atoms with Crippen molar-refractivity contribution in [2.24, 2.45) is 7.05 Å². The fourth-order valence-corrected chi connectivity index (χ4v) is 1.94. The maximum atomic E-state index is 12.8. The number of aryl methyl sites for hydroxylation is 2. The first-order valence-corrected chi connectivity index (χ1v) is 5.95. The molecule has 2 rings (SSSR count). The molecule has 2 aromatic rings. The van der Waals surface area contributed by atoms with Gasteiger partial charge in [-0.05, 0) is 25.6 Å². The zero-order valence-electron chi connectivity index (χ0n) is 10.6. The van der Waals surface area contributed by atoms with Crippen molar-refractivity contribution in [1.29, 1.82) is 0 Å². The van der Waals surface area contributed by atoms with E-state index in [0.29, 0.717) is 0 Å². The minimum atomic E-state index is -0.308. The summed E-state index contributed by atoms with van der Waals surface area (Å²) in [4.78, 5) is 8.39. The van der Waals surface area contributed by atoms with Gasteiger partial charge in [-0.15, -0.1) is 0 Å². The van der Waals surface area contributed by atoms with E-state index in [9.17, 15) is 4.39 Å². The van der Waals surface area contributed by atoms with Crippen molar-refractivity contribution < 1.29 is 4.39 Å². The van der Waals surface area contributed by atoms with Crippen LogP contribution in [0.3, 0.4) is 0 Å². The lowest BCUT2D eigenvalue weighted by Crippen LogP contribution is -2.19. The van der Waals surface area contributed by atoms with Crippen molar-refractivity contribution in [3.63, 3.8) is 0 Å². The van der Waals surface area contributed by atoms with E-state index in [1.54, 1.807) is 12.3 Å². The first kappa shape index (κ1) is 12.7. The fourth-order valence-electron chi connectivity index (χ4n) is 1.94. The summed E-state index contributed by atoms with van der Waals surface area (Å²) in [5.74, 6) is 0.732. The van der Waals surface area contributed by atoms with Crippen LogP contribution in [0.5, 0.6) is 0 Å². The van der Waals surface area contributed by atoms with E-state index in [4.69, 9.17) is 0 Å². The van der Waals surface area contributed by atoms with Gasteiger partial charge in [-0.25, -0.2) is 9.37 Å². The van der Waals surface area contributed by atoms with Crippen LogP contribution in [0.1, 0.15) is 24.0 Å². The number of halogens is 1. The third-order valence-corrected chi connectivity index (χ3v) is 3.03. The number of imidazole rings is 1. The van der Waals surface area contributed by atoms with Crippen molar-refractivity contribution in [1.82, 2.24) is 19.9 Å². The van der Waals surface area contributed by atoms with Crippen LogP contribution < -0.4 is 5.32 Å². The van der Waals surface area contributed by atoms with Crippen LogP contribution >= 0.6 is 0 Å². The average Bonchev–Trinajstić information content (AvgIpc) is 2.78. The highest BCUT2D eigenvalue weighted by atomic mass is 19.1. The van der Waals surface area contributed by atoms with Gasteiger partial charge in [0.05, 0.1) is 11.9 Å². The van der Waals surface area contributed by atoms with Crippen LogP contribution in [-0.4, -0.2) is 21.6 Å². The molecule has 0 aromatic carbocycles. The lowest BCUT2D eigenvalue weighted by Gasteiger charge is -2.15. The summed E-state index contributed by atoms with van der Waals surface area (Å²) >= 11 is 0. The van der Waals surface area contributed by atoms with Gasteiger partial charge in [0.2, 0.25) is 0 Å². The number of hydrogen-bond acceptors (Lipinski definition) is 3. The molecule has 0 amide bonds. The highest BCUT2D eigenvalue weighted by Crippen LogP contribution is 2.16.